The van der Waals surface area contributed by atoms with Gasteiger partial charge in [0.2, 0.25) is 5.91 Å². The first-order chi connectivity index (χ1) is 15.2. The number of carbonyl (C=O) groups is 2. The van der Waals surface area contributed by atoms with Crippen LogP contribution in [0.2, 0.25) is 0 Å². The smallest absolute Gasteiger partial charge is 0.251 e. The molecule has 31 heavy (non-hydrogen) atoms. The average Bonchev–Trinajstić information content (AvgIpc) is 3.34. The number of pyridine rings is 1. The number of carbonyl (C=O) groups excluding carboxylic acids is 2. The molecule has 0 aliphatic carbocycles. The number of nitrogens with zero attached hydrogens (tertiary/aromatic N) is 4. The minimum atomic E-state index is -0.368. The van der Waals surface area contributed by atoms with Gasteiger partial charge < -0.3 is 15.4 Å². The lowest BCUT2D eigenvalue weighted by molar-refractivity contribution is -0.115. The van der Waals surface area contributed by atoms with Gasteiger partial charge in [-0.25, -0.2) is 14.6 Å². The van der Waals surface area contributed by atoms with Crippen LogP contribution < -0.4 is 15.4 Å². The molecule has 0 aliphatic heterocycles. The van der Waals surface area contributed by atoms with E-state index in [0.717, 1.165) is 0 Å². The second-order valence-corrected chi connectivity index (χ2v) is 6.42. The third kappa shape index (κ3) is 5.30. The molecule has 9 nitrogen and oxygen atoms in total. The lowest BCUT2D eigenvalue weighted by Crippen LogP contribution is -2.32. The van der Waals surface area contributed by atoms with Crippen LogP contribution in [0.1, 0.15) is 10.4 Å². The van der Waals surface area contributed by atoms with Crippen molar-refractivity contribution < 1.29 is 14.3 Å². The van der Waals surface area contributed by atoms with Crippen molar-refractivity contribution in [3.8, 4) is 17.3 Å². The number of ether oxygens (including phenoxy) is 1. The second kappa shape index (κ2) is 9.31. The van der Waals surface area contributed by atoms with Gasteiger partial charge in [0.25, 0.3) is 5.91 Å². The van der Waals surface area contributed by atoms with E-state index >= 15 is 0 Å². The monoisotopic (exact) mass is 414 g/mol. The van der Waals surface area contributed by atoms with Gasteiger partial charge in [0.05, 0.1) is 18.4 Å². The summed E-state index contributed by atoms with van der Waals surface area (Å²) in [5.74, 6) is 1.17. The summed E-state index contributed by atoms with van der Waals surface area (Å²) >= 11 is 0. The lowest BCUT2D eigenvalue weighted by Gasteiger charge is -2.09. The van der Waals surface area contributed by atoms with E-state index in [-0.39, 0.29) is 18.4 Å². The standard InChI is InChI=1S/C22H18N6O3/c29-21(27-17-8-11-20(24-12-17)28-15-23-14-26-28)13-25-22(30)16-6-9-19(10-7-16)31-18-4-2-1-3-5-18/h1-12,14-15H,13H2,(H,25,30)(H,27,29). The molecule has 0 fully saturated rings. The highest BCUT2D eigenvalue weighted by Crippen LogP contribution is 2.21. The summed E-state index contributed by atoms with van der Waals surface area (Å²) in [6.07, 6.45) is 4.43. The number of hydrogen-bond donors (Lipinski definition) is 2. The van der Waals surface area contributed by atoms with E-state index in [4.69, 9.17) is 4.74 Å². The molecule has 0 atom stereocenters. The zero-order valence-electron chi connectivity index (χ0n) is 16.3. The molecule has 4 rings (SSSR count). The van der Waals surface area contributed by atoms with Crippen LogP contribution in [-0.4, -0.2) is 38.1 Å². The summed E-state index contributed by atoms with van der Waals surface area (Å²) in [6, 6.07) is 19.4. The highest BCUT2D eigenvalue weighted by atomic mass is 16.5. The Hall–Kier alpha value is -4.53. The van der Waals surface area contributed by atoms with Gasteiger partial charge in [0, 0.05) is 5.56 Å². The molecule has 2 aromatic carbocycles. The van der Waals surface area contributed by atoms with E-state index in [1.165, 1.54) is 23.5 Å². The third-order valence-electron chi connectivity index (χ3n) is 4.19. The normalized spacial score (nSPS) is 10.3. The summed E-state index contributed by atoms with van der Waals surface area (Å²) in [5, 5.41) is 9.24. The number of amides is 2. The fourth-order valence-electron chi connectivity index (χ4n) is 2.69. The van der Waals surface area contributed by atoms with E-state index in [0.29, 0.717) is 28.6 Å². The molecule has 0 unspecified atom stereocenters. The zero-order chi connectivity index (χ0) is 21.5. The van der Waals surface area contributed by atoms with Crippen molar-refractivity contribution in [2.45, 2.75) is 0 Å². The number of aromatic nitrogens is 4. The summed E-state index contributed by atoms with van der Waals surface area (Å²) in [4.78, 5) is 32.5. The van der Waals surface area contributed by atoms with Gasteiger partial charge in [-0.05, 0) is 48.5 Å². The Morgan fingerprint density at radius 2 is 1.71 bits per heavy atom. The molecule has 4 aromatic rings. The lowest BCUT2D eigenvalue weighted by atomic mass is 10.2. The SMILES string of the molecule is O=C(CNC(=O)c1ccc(Oc2ccccc2)cc1)Nc1ccc(-n2cncn2)nc1. The molecule has 9 heteroatoms. The number of anilines is 1. The van der Waals surface area contributed by atoms with Crippen molar-refractivity contribution in [2.75, 3.05) is 11.9 Å². The van der Waals surface area contributed by atoms with Crippen molar-refractivity contribution in [3.63, 3.8) is 0 Å². The predicted octanol–water partition coefficient (Wildman–Crippen LogP) is 2.82. The van der Waals surface area contributed by atoms with Crippen LogP contribution in [0.5, 0.6) is 11.5 Å². The molecule has 154 valence electrons. The summed E-state index contributed by atoms with van der Waals surface area (Å²) in [6.45, 7) is -0.175. The minimum Gasteiger partial charge on any atom is -0.457 e. The Morgan fingerprint density at radius 1 is 0.935 bits per heavy atom. The fourth-order valence-corrected chi connectivity index (χ4v) is 2.69. The molecular formula is C22H18N6O3. The van der Waals surface area contributed by atoms with Crippen LogP contribution >= 0.6 is 0 Å². The van der Waals surface area contributed by atoms with E-state index < -0.39 is 0 Å². The van der Waals surface area contributed by atoms with Crippen LogP contribution in [0.3, 0.4) is 0 Å². The molecule has 2 amide bonds. The maximum Gasteiger partial charge on any atom is 0.251 e. The largest absolute Gasteiger partial charge is 0.457 e. The Kier molecular flexibility index (Phi) is 5.94. The van der Waals surface area contributed by atoms with Crippen molar-refractivity contribution in [1.29, 1.82) is 0 Å². The van der Waals surface area contributed by atoms with Crippen molar-refractivity contribution in [2.24, 2.45) is 0 Å². The van der Waals surface area contributed by atoms with E-state index in [1.54, 1.807) is 36.4 Å². The Labute approximate surface area is 177 Å². The predicted molar refractivity (Wildman–Crippen MR) is 113 cm³/mol. The highest BCUT2D eigenvalue weighted by Gasteiger charge is 2.09. The van der Waals surface area contributed by atoms with Gasteiger partial charge in [-0.3, -0.25) is 9.59 Å². The molecule has 0 bridgehead atoms. The van der Waals surface area contributed by atoms with Gasteiger partial charge in [0.15, 0.2) is 5.82 Å². The number of para-hydroxylation sites is 1. The number of hydrogen-bond acceptors (Lipinski definition) is 6. The Balaban J connectivity index is 1.26. The quantitative estimate of drug-likeness (QED) is 0.481. The van der Waals surface area contributed by atoms with Crippen LogP contribution in [0, 0.1) is 0 Å². The maximum absolute atomic E-state index is 12.3. The molecule has 0 saturated carbocycles. The van der Waals surface area contributed by atoms with E-state index in [9.17, 15) is 9.59 Å². The van der Waals surface area contributed by atoms with Crippen molar-refractivity contribution in [1.82, 2.24) is 25.1 Å². The molecule has 0 saturated heterocycles. The van der Waals surface area contributed by atoms with Crippen LogP contribution in [-0.2, 0) is 4.79 Å². The molecule has 2 N–H and O–H groups in total. The van der Waals surface area contributed by atoms with Gasteiger partial charge >= 0.3 is 0 Å². The van der Waals surface area contributed by atoms with Crippen LogP contribution in [0.25, 0.3) is 5.82 Å². The van der Waals surface area contributed by atoms with Crippen molar-refractivity contribution >= 4 is 17.5 Å². The van der Waals surface area contributed by atoms with Crippen LogP contribution in [0.15, 0.2) is 85.6 Å². The maximum atomic E-state index is 12.3. The van der Waals surface area contributed by atoms with Gasteiger partial charge in [-0.2, -0.15) is 5.10 Å². The first kappa shape index (κ1) is 19.8. The third-order valence-corrected chi connectivity index (χ3v) is 4.19. The van der Waals surface area contributed by atoms with Gasteiger partial charge in [0.1, 0.15) is 24.2 Å². The zero-order valence-corrected chi connectivity index (χ0v) is 16.3. The highest BCUT2D eigenvalue weighted by molar-refractivity contribution is 5.99. The second-order valence-electron chi connectivity index (χ2n) is 6.42. The van der Waals surface area contributed by atoms with Crippen molar-refractivity contribution in [3.05, 3.63) is 91.1 Å². The molecular weight excluding hydrogens is 396 g/mol. The molecule has 2 heterocycles. The van der Waals surface area contributed by atoms with Gasteiger partial charge in [-0.15, -0.1) is 0 Å². The first-order valence-corrected chi connectivity index (χ1v) is 9.39. The topological polar surface area (TPSA) is 111 Å². The molecule has 2 aromatic heterocycles. The molecule has 0 spiro atoms. The Morgan fingerprint density at radius 3 is 2.39 bits per heavy atom. The van der Waals surface area contributed by atoms with E-state index in [1.807, 2.05) is 30.3 Å². The number of benzene rings is 2. The fraction of sp³-hybridized carbons (Fsp3) is 0.0455. The summed E-state index contributed by atoms with van der Waals surface area (Å²) < 4.78 is 7.20. The summed E-state index contributed by atoms with van der Waals surface area (Å²) in [5.41, 5.74) is 0.928. The van der Waals surface area contributed by atoms with E-state index in [2.05, 4.69) is 25.7 Å². The minimum absolute atomic E-state index is 0.175. The number of nitrogens with one attached hydrogen (secondary N) is 2. The van der Waals surface area contributed by atoms with Gasteiger partial charge in [-0.1, -0.05) is 18.2 Å². The Bertz CT molecular complexity index is 1140. The molecule has 0 aliphatic rings. The summed E-state index contributed by atoms with van der Waals surface area (Å²) in [7, 11) is 0. The molecule has 0 radical (unpaired) electrons. The average molecular weight is 414 g/mol. The number of rotatable bonds is 7. The van der Waals surface area contributed by atoms with Crippen LogP contribution in [0.4, 0.5) is 5.69 Å². The first-order valence-electron chi connectivity index (χ1n) is 9.39.